The second kappa shape index (κ2) is 21.6. The molecule has 4 atom stereocenters. The lowest BCUT2D eigenvalue weighted by atomic mass is 9.83. The van der Waals surface area contributed by atoms with Crippen molar-refractivity contribution >= 4 is 40.5 Å². The van der Waals surface area contributed by atoms with Gasteiger partial charge in [0.25, 0.3) is 5.91 Å². The third-order valence-electron chi connectivity index (χ3n) is 13.9. The lowest BCUT2D eigenvalue weighted by Gasteiger charge is -2.37. The van der Waals surface area contributed by atoms with Crippen LogP contribution in [0.15, 0.2) is 67.3 Å². The summed E-state index contributed by atoms with van der Waals surface area (Å²) < 4.78 is 20.1. The van der Waals surface area contributed by atoms with Crippen LogP contribution < -0.4 is 15.5 Å². The molecule has 0 radical (unpaired) electrons. The van der Waals surface area contributed by atoms with Crippen LogP contribution in [0.5, 0.6) is 11.5 Å². The molecule has 7 rings (SSSR count). The Morgan fingerprint density at radius 1 is 1.06 bits per heavy atom. The fraction of sp³-hybridized carbons (Fsp3) is 0.500. The molecule has 1 aromatic heterocycles. The number of methoxy groups -OCH3 is 2. The zero-order valence-corrected chi connectivity index (χ0v) is 41.6. The number of likely N-dealkylation sites (N-methyl/N-ethyl adjacent to an activating group) is 1. The fourth-order valence-electron chi connectivity index (χ4n) is 10.5. The number of benzene rings is 3. The van der Waals surface area contributed by atoms with Gasteiger partial charge in [-0.3, -0.25) is 29.0 Å². The zero-order valence-electron chi connectivity index (χ0n) is 41.6. The largest absolute Gasteiger partial charge is 0.508 e. The second-order valence-electron chi connectivity index (χ2n) is 20.0. The van der Waals surface area contributed by atoms with E-state index >= 15 is 0 Å². The van der Waals surface area contributed by atoms with Crippen molar-refractivity contribution in [1.29, 1.82) is 0 Å². The SMILES string of the molecule is C=CC(=O)N1CC[C@H](CC(=O)N(C)C(C(=O)N[C@H]2Cc3cc(O)cc(c3)-c3ccc4c(c3)c(c(-c3c(CCOC)cccc3OC)n4CC)CC(C)(C)COC(=O)[C@@H]3CCCN(N3)C2=O)C(C)C)C1. The maximum Gasteiger partial charge on any atom is 0.324 e. The molecule has 3 aliphatic heterocycles. The summed E-state index contributed by atoms with van der Waals surface area (Å²) in [4.78, 5) is 72.5. The van der Waals surface area contributed by atoms with Gasteiger partial charge in [-0.15, -0.1) is 0 Å². The number of rotatable bonds is 13. The Kier molecular flexibility index (Phi) is 15.9. The Hall–Kier alpha value is -6.19. The van der Waals surface area contributed by atoms with Gasteiger partial charge in [-0.1, -0.05) is 58.5 Å². The maximum absolute atomic E-state index is 14.8. The second-order valence-corrected chi connectivity index (χ2v) is 20.0. The molecule has 4 aromatic rings. The number of phenols is 1. The highest BCUT2D eigenvalue weighted by Crippen LogP contribution is 2.44. The Labute approximate surface area is 406 Å². The first kappa shape index (κ1) is 50.7. The number of nitrogens with one attached hydrogen (secondary N) is 2. The number of aromatic hydroxyl groups is 1. The molecular formula is C54H70N6O9. The third kappa shape index (κ3) is 11.2. The van der Waals surface area contributed by atoms with Crippen molar-refractivity contribution in [2.24, 2.45) is 17.3 Å². The molecule has 2 fully saturated rings. The number of aromatic nitrogens is 1. The molecule has 3 aliphatic rings. The number of carbonyl (C=O) groups is 5. The van der Waals surface area contributed by atoms with Crippen molar-refractivity contribution < 1.29 is 43.3 Å². The van der Waals surface area contributed by atoms with Crippen LogP contribution in [-0.4, -0.2) is 126 Å². The normalized spacial score (nSPS) is 20.0. The van der Waals surface area contributed by atoms with E-state index in [0.29, 0.717) is 63.9 Å². The monoisotopic (exact) mass is 947 g/mol. The Morgan fingerprint density at radius 2 is 1.84 bits per heavy atom. The highest BCUT2D eigenvalue weighted by atomic mass is 16.5. The average Bonchev–Trinajstić information content (AvgIpc) is 3.92. The van der Waals surface area contributed by atoms with Crippen molar-refractivity contribution in [2.75, 3.05) is 54.1 Å². The molecule has 3 N–H and O–H groups in total. The van der Waals surface area contributed by atoms with Crippen LogP contribution in [0.3, 0.4) is 0 Å². The predicted octanol–water partition coefficient (Wildman–Crippen LogP) is 6.45. The first-order valence-electron chi connectivity index (χ1n) is 24.3. The first-order valence-corrected chi connectivity index (χ1v) is 24.3. The number of nitrogens with zero attached hydrogens (tertiary/aromatic N) is 4. The predicted molar refractivity (Wildman–Crippen MR) is 265 cm³/mol. The van der Waals surface area contributed by atoms with Crippen LogP contribution in [0.4, 0.5) is 0 Å². The summed E-state index contributed by atoms with van der Waals surface area (Å²) in [6, 6.07) is 14.7. The molecule has 4 heterocycles. The van der Waals surface area contributed by atoms with E-state index in [9.17, 15) is 29.1 Å². The summed E-state index contributed by atoms with van der Waals surface area (Å²) in [6.07, 6.45) is 4.23. The Balaban J connectivity index is 1.30. The molecule has 15 heteroatoms. The number of phenolic OH excluding ortho intramolecular Hbond substituents is 1. The van der Waals surface area contributed by atoms with Gasteiger partial charge < -0.3 is 39.0 Å². The molecule has 69 heavy (non-hydrogen) atoms. The summed E-state index contributed by atoms with van der Waals surface area (Å²) in [6.45, 7) is 16.1. The molecule has 6 bridgehead atoms. The van der Waals surface area contributed by atoms with Gasteiger partial charge in [0, 0.05) is 75.1 Å². The van der Waals surface area contributed by atoms with Crippen molar-refractivity contribution in [1.82, 2.24) is 30.1 Å². The van der Waals surface area contributed by atoms with E-state index in [2.05, 4.69) is 60.9 Å². The quantitative estimate of drug-likeness (QED) is 0.1000. The van der Waals surface area contributed by atoms with E-state index in [-0.39, 0.29) is 55.4 Å². The minimum absolute atomic E-state index is 0.00687. The number of fused-ring (bicyclic) bond motifs is 6. The summed E-state index contributed by atoms with van der Waals surface area (Å²) in [5.74, 6) is -1.55. The van der Waals surface area contributed by atoms with Crippen molar-refractivity contribution in [3.63, 3.8) is 0 Å². The van der Waals surface area contributed by atoms with Crippen LogP contribution in [0.25, 0.3) is 33.3 Å². The van der Waals surface area contributed by atoms with E-state index < -0.39 is 41.3 Å². The lowest BCUT2D eigenvalue weighted by molar-refractivity contribution is -0.155. The van der Waals surface area contributed by atoms with Crippen LogP contribution in [-0.2, 0) is 59.3 Å². The number of likely N-dealkylation sites (tertiary alicyclic amines) is 1. The molecule has 0 aliphatic carbocycles. The van der Waals surface area contributed by atoms with Crippen molar-refractivity contribution in [2.45, 2.75) is 104 Å². The standard InChI is InChI=1S/C54H70N6O9/c1-10-46(62)58-22-19-34(31-58)27-47(63)57(7)49(33(3)4)51(64)55-43-26-35-24-38(28-39(61)25-35)37-17-18-44-40(29-37)41(30-54(5,6)32-69-53(66)42-15-13-21-60(56-42)52(43)65)50(59(44)11-2)48-36(20-23-67-8)14-12-16-45(48)68-9/h10,12,14,16-18,24-25,28-29,33-34,42-43,49,56,61H,1,11,13,15,19-23,26-27,30-32H2,2-9H3,(H,55,64)/t34-,42+,43+,49?/m1/s1. The zero-order chi connectivity index (χ0) is 49.7. The summed E-state index contributed by atoms with van der Waals surface area (Å²) in [7, 11) is 4.97. The number of hydrogen-bond acceptors (Lipinski definition) is 10. The molecule has 4 amide bonds. The number of hydrogen-bond donors (Lipinski definition) is 3. The van der Waals surface area contributed by atoms with Crippen LogP contribution in [0.2, 0.25) is 0 Å². The molecule has 0 spiro atoms. The van der Waals surface area contributed by atoms with Gasteiger partial charge >= 0.3 is 5.97 Å². The number of cyclic esters (lactones) is 1. The number of amides is 4. The van der Waals surface area contributed by atoms with E-state index in [1.165, 1.54) is 16.0 Å². The molecular weight excluding hydrogens is 877 g/mol. The van der Waals surface area contributed by atoms with Gasteiger partial charge in [0.15, 0.2) is 0 Å². The molecule has 0 saturated carbocycles. The molecule has 1 unspecified atom stereocenters. The average molecular weight is 947 g/mol. The van der Waals surface area contributed by atoms with Crippen molar-refractivity contribution in [3.8, 4) is 33.9 Å². The van der Waals surface area contributed by atoms with Gasteiger partial charge in [0.2, 0.25) is 17.7 Å². The highest BCUT2D eigenvalue weighted by molar-refractivity contribution is 5.97. The lowest BCUT2D eigenvalue weighted by Crippen LogP contribution is -2.62. The van der Waals surface area contributed by atoms with Crippen LogP contribution in [0, 0.1) is 17.3 Å². The van der Waals surface area contributed by atoms with E-state index in [1.807, 2.05) is 38.1 Å². The Morgan fingerprint density at radius 3 is 2.55 bits per heavy atom. The maximum atomic E-state index is 14.8. The first-order chi connectivity index (χ1) is 33.0. The molecule has 370 valence electrons. The summed E-state index contributed by atoms with van der Waals surface area (Å²) in [5.41, 5.74) is 9.85. The number of esters is 1. The number of aryl methyl sites for hydroxylation is 1. The van der Waals surface area contributed by atoms with Gasteiger partial charge in [-0.25, -0.2) is 5.43 Å². The summed E-state index contributed by atoms with van der Waals surface area (Å²) in [5, 5.41) is 16.8. The van der Waals surface area contributed by atoms with E-state index in [1.54, 1.807) is 38.3 Å². The van der Waals surface area contributed by atoms with E-state index in [0.717, 1.165) is 50.2 Å². The van der Waals surface area contributed by atoms with Gasteiger partial charge in [-0.2, -0.15) is 0 Å². The Bertz CT molecular complexity index is 2580. The highest BCUT2D eigenvalue weighted by Gasteiger charge is 2.39. The summed E-state index contributed by atoms with van der Waals surface area (Å²) >= 11 is 0. The van der Waals surface area contributed by atoms with Crippen LogP contribution in [0.1, 0.15) is 77.0 Å². The van der Waals surface area contributed by atoms with Crippen LogP contribution >= 0.6 is 0 Å². The number of ether oxygens (including phenoxy) is 3. The van der Waals surface area contributed by atoms with Gasteiger partial charge in [0.05, 0.1) is 26.0 Å². The fourth-order valence-corrected chi connectivity index (χ4v) is 10.5. The smallest absolute Gasteiger partial charge is 0.324 e. The van der Waals surface area contributed by atoms with E-state index in [4.69, 9.17) is 14.2 Å². The number of hydrazine groups is 1. The van der Waals surface area contributed by atoms with Gasteiger partial charge in [0.1, 0.15) is 29.6 Å². The molecule has 2 saturated heterocycles. The molecule has 15 nitrogen and oxygen atoms in total. The topological polar surface area (TPSA) is 172 Å². The minimum atomic E-state index is -1.16. The minimum Gasteiger partial charge on any atom is -0.508 e. The van der Waals surface area contributed by atoms with Crippen molar-refractivity contribution in [3.05, 3.63) is 83.9 Å². The number of carbonyl (C=O) groups excluding carboxylic acids is 5. The third-order valence-corrected chi connectivity index (χ3v) is 13.9. The molecule has 3 aromatic carbocycles. The van der Waals surface area contributed by atoms with Gasteiger partial charge in [-0.05, 0) is 115 Å².